The van der Waals surface area contributed by atoms with Crippen molar-refractivity contribution in [3.8, 4) is 6.07 Å². The van der Waals surface area contributed by atoms with Crippen LogP contribution >= 0.6 is 0 Å². The Kier molecular flexibility index (Phi) is 6.26. The van der Waals surface area contributed by atoms with Crippen LogP contribution in [0.4, 0.5) is 5.82 Å². The summed E-state index contributed by atoms with van der Waals surface area (Å²) in [5.41, 5.74) is 0.549. The van der Waals surface area contributed by atoms with E-state index in [0.29, 0.717) is 51.0 Å². The zero-order valence-electron chi connectivity index (χ0n) is 18.6. The summed E-state index contributed by atoms with van der Waals surface area (Å²) in [6.07, 6.45) is 7.15. The molecule has 4 rings (SSSR count). The van der Waals surface area contributed by atoms with Gasteiger partial charge in [-0.15, -0.1) is 0 Å². The molecule has 0 bridgehead atoms. The lowest BCUT2D eigenvalue weighted by Crippen LogP contribution is -2.56. The molecular formula is C24H29N5O3. The van der Waals surface area contributed by atoms with Gasteiger partial charge in [0.2, 0.25) is 17.7 Å². The first-order valence-corrected chi connectivity index (χ1v) is 11.3. The van der Waals surface area contributed by atoms with Gasteiger partial charge in [-0.3, -0.25) is 19.3 Å². The van der Waals surface area contributed by atoms with Gasteiger partial charge in [-0.2, -0.15) is 5.26 Å². The lowest BCUT2D eigenvalue weighted by molar-refractivity contribution is -0.152. The first-order valence-electron chi connectivity index (χ1n) is 11.3. The van der Waals surface area contributed by atoms with Gasteiger partial charge < -0.3 is 9.80 Å². The van der Waals surface area contributed by atoms with Gasteiger partial charge in [0.1, 0.15) is 11.9 Å². The second kappa shape index (κ2) is 9.11. The predicted octanol–water partition coefficient (Wildman–Crippen LogP) is 1.97. The average Bonchev–Trinajstić information content (AvgIpc) is 3.07. The molecule has 2 aliphatic heterocycles. The highest BCUT2D eigenvalue weighted by Gasteiger charge is 2.51. The molecule has 8 nitrogen and oxygen atoms in total. The second-order valence-corrected chi connectivity index (χ2v) is 9.17. The first kappa shape index (κ1) is 22.0. The number of hydrogen-bond donors (Lipinski definition) is 0. The maximum atomic E-state index is 13.5. The standard InChI is InChI=1S/C24H29N5O3/c1-16(2)13-20(29-22(30)18-5-3-4-6-19(18)23(29)31)24(32)28-11-9-27(10-12-28)21-14-17(15-25)7-8-26-21/h3-4,7-8,14,16,18-20H,5-6,9-13H2,1-2H3. The number of rotatable bonds is 5. The number of anilines is 1. The lowest BCUT2D eigenvalue weighted by Gasteiger charge is -2.38. The number of pyridine rings is 1. The van der Waals surface area contributed by atoms with Crippen LogP contribution in [0, 0.1) is 29.1 Å². The van der Waals surface area contributed by atoms with Crippen LogP contribution in [0.3, 0.4) is 0 Å². The molecule has 1 aliphatic carbocycles. The molecule has 0 aromatic carbocycles. The maximum absolute atomic E-state index is 13.5. The number of carbonyl (C=O) groups is 3. The van der Waals surface area contributed by atoms with Crippen LogP contribution in [-0.2, 0) is 14.4 Å². The molecule has 8 heteroatoms. The Morgan fingerprint density at radius 3 is 2.31 bits per heavy atom. The molecule has 0 spiro atoms. The number of imide groups is 1. The van der Waals surface area contributed by atoms with E-state index in [2.05, 4.69) is 16.0 Å². The molecule has 0 saturated carbocycles. The summed E-state index contributed by atoms with van der Waals surface area (Å²) in [7, 11) is 0. The molecule has 0 N–H and O–H groups in total. The summed E-state index contributed by atoms with van der Waals surface area (Å²) in [6, 6.07) is 4.79. The third-order valence-corrected chi connectivity index (χ3v) is 6.62. The van der Waals surface area contributed by atoms with E-state index in [1.807, 2.05) is 26.0 Å². The minimum absolute atomic E-state index is 0.148. The number of hydrogen-bond acceptors (Lipinski definition) is 6. The highest BCUT2D eigenvalue weighted by Crippen LogP contribution is 2.37. The summed E-state index contributed by atoms with van der Waals surface area (Å²) < 4.78 is 0. The fourth-order valence-corrected chi connectivity index (χ4v) is 4.92. The van der Waals surface area contributed by atoms with E-state index in [1.165, 1.54) is 4.90 Å². The van der Waals surface area contributed by atoms with E-state index in [-0.39, 0.29) is 35.5 Å². The van der Waals surface area contributed by atoms with Crippen LogP contribution < -0.4 is 4.90 Å². The largest absolute Gasteiger partial charge is 0.353 e. The number of fused-ring (bicyclic) bond motifs is 1. The van der Waals surface area contributed by atoms with Crippen molar-refractivity contribution in [3.63, 3.8) is 0 Å². The smallest absolute Gasteiger partial charge is 0.246 e. The second-order valence-electron chi connectivity index (χ2n) is 9.17. The highest BCUT2D eigenvalue weighted by atomic mass is 16.2. The van der Waals surface area contributed by atoms with Crippen molar-refractivity contribution < 1.29 is 14.4 Å². The summed E-state index contributed by atoms with van der Waals surface area (Å²) in [5, 5.41) is 9.12. The Labute approximate surface area is 188 Å². The molecule has 3 unspecified atom stereocenters. The molecule has 2 saturated heterocycles. The number of likely N-dealkylation sites (tertiary alicyclic amines) is 1. The Morgan fingerprint density at radius 1 is 1.12 bits per heavy atom. The molecule has 1 aromatic heterocycles. The van der Waals surface area contributed by atoms with Crippen molar-refractivity contribution in [2.24, 2.45) is 17.8 Å². The fraction of sp³-hybridized carbons (Fsp3) is 0.542. The van der Waals surface area contributed by atoms with Crippen molar-refractivity contribution in [1.29, 1.82) is 5.26 Å². The Morgan fingerprint density at radius 2 is 1.75 bits per heavy atom. The molecule has 3 amide bonds. The van der Waals surface area contributed by atoms with Gasteiger partial charge in [0.15, 0.2) is 0 Å². The third kappa shape index (κ3) is 4.12. The summed E-state index contributed by atoms with van der Waals surface area (Å²) >= 11 is 0. The molecule has 3 atom stereocenters. The molecule has 2 fully saturated rings. The molecule has 1 aromatic rings. The maximum Gasteiger partial charge on any atom is 0.246 e. The van der Waals surface area contributed by atoms with E-state index in [1.54, 1.807) is 23.2 Å². The van der Waals surface area contributed by atoms with Crippen LogP contribution in [0.15, 0.2) is 30.5 Å². The topological polar surface area (TPSA) is 97.6 Å². The zero-order valence-corrected chi connectivity index (χ0v) is 18.6. The van der Waals surface area contributed by atoms with Gasteiger partial charge >= 0.3 is 0 Å². The third-order valence-electron chi connectivity index (χ3n) is 6.62. The summed E-state index contributed by atoms with van der Waals surface area (Å²) in [4.78, 5) is 49.2. The number of nitriles is 1. The number of nitrogens with zero attached hydrogens (tertiary/aromatic N) is 5. The summed E-state index contributed by atoms with van der Waals surface area (Å²) in [6.45, 7) is 6.14. The van der Waals surface area contributed by atoms with Crippen LogP contribution in [-0.4, -0.2) is 64.7 Å². The van der Waals surface area contributed by atoms with E-state index in [0.717, 1.165) is 5.82 Å². The highest BCUT2D eigenvalue weighted by molar-refractivity contribution is 6.08. The van der Waals surface area contributed by atoms with Crippen molar-refractivity contribution in [2.75, 3.05) is 31.1 Å². The van der Waals surface area contributed by atoms with Gasteiger partial charge in [-0.25, -0.2) is 4.98 Å². The SMILES string of the molecule is CC(C)CC(C(=O)N1CCN(c2cc(C#N)ccn2)CC1)N1C(=O)C2CC=CCC2C1=O. The minimum atomic E-state index is -0.743. The first-order chi connectivity index (χ1) is 15.4. The van der Waals surface area contributed by atoms with Gasteiger partial charge in [0.25, 0.3) is 0 Å². The Bertz CT molecular complexity index is 948. The number of allylic oxidation sites excluding steroid dienone is 2. The molecule has 168 valence electrons. The van der Waals surface area contributed by atoms with Crippen LogP contribution in [0.2, 0.25) is 0 Å². The van der Waals surface area contributed by atoms with Gasteiger partial charge in [-0.1, -0.05) is 26.0 Å². The van der Waals surface area contributed by atoms with Crippen molar-refractivity contribution in [3.05, 3.63) is 36.0 Å². The number of aromatic nitrogens is 1. The molecular weight excluding hydrogens is 406 g/mol. The Hall–Kier alpha value is -3.21. The van der Waals surface area contributed by atoms with Crippen LogP contribution in [0.25, 0.3) is 0 Å². The van der Waals surface area contributed by atoms with Gasteiger partial charge in [0, 0.05) is 32.4 Å². The number of piperazine rings is 1. The Balaban J connectivity index is 1.48. The van der Waals surface area contributed by atoms with Crippen molar-refractivity contribution in [1.82, 2.24) is 14.8 Å². The molecule has 0 radical (unpaired) electrons. The van der Waals surface area contributed by atoms with Crippen molar-refractivity contribution >= 4 is 23.5 Å². The van der Waals surface area contributed by atoms with E-state index in [9.17, 15) is 14.4 Å². The quantitative estimate of drug-likeness (QED) is 0.518. The van der Waals surface area contributed by atoms with Gasteiger partial charge in [-0.05, 0) is 37.3 Å². The van der Waals surface area contributed by atoms with Gasteiger partial charge in [0.05, 0.1) is 23.5 Å². The average molecular weight is 436 g/mol. The monoisotopic (exact) mass is 435 g/mol. The minimum Gasteiger partial charge on any atom is -0.353 e. The van der Waals surface area contributed by atoms with E-state index in [4.69, 9.17) is 5.26 Å². The van der Waals surface area contributed by atoms with Crippen LogP contribution in [0.5, 0.6) is 0 Å². The zero-order chi connectivity index (χ0) is 22.8. The lowest BCUT2D eigenvalue weighted by atomic mass is 9.85. The molecule has 3 aliphatic rings. The summed E-state index contributed by atoms with van der Waals surface area (Å²) in [5.74, 6) is -0.305. The normalized spacial score (nSPS) is 24.0. The van der Waals surface area contributed by atoms with E-state index < -0.39 is 6.04 Å². The van der Waals surface area contributed by atoms with Crippen molar-refractivity contribution in [2.45, 2.75) is 39.2 Å². The number of amides is 3. The predicted molar refractivity (Wildman–Crippen MR) is 118 cm³/mol. The fourth-order valence-electron chi connectivity index (χ4n) is 4.92. The molecule has 32 heavy (non-hydrogen) atoms. The van der Waals surface area contributed by atoms with Crippen LogP contribution in [0.1, 0.15) is 38.7 Å². The number of carbonyl (C=O) groups excluding carboxylic acids is 3. The van der Waals surface area contributed by atoms with E-state index >= 15 is 0 Å². The molecule has 3 heterocycles.